The second kappa shape index (κ2) is 8.64. The van der Waals surface area contributed by atoms with Crippen molar-refractivity contribution < 1.29 is 4.79 Å². The monoisotopic (exact) mass is 417 g/mol. The molecule has 0 fully saturated rings. The lowest BCUT2D eigenvalue weighted by molar-refractivity contribution is 0.252. The molecule has 30 heavy (non-hydrogen) atoms. The molecule has 4 nitrogen and oxygen atoms in total. The Hall–Kier alpha value is -3.24. The van der Waals surface area contributed by atoms with E-state index in [4.69, 9.17) is 11.6 Å². The number of fused-ring (bicyclic) bond motifs is 1. The van der Waals surface area contributed by atoms with Crippen molar-refractivity contribution >= 4 is 34.2 Å². The maximum absolute atomic E-state index is 12.6. The average Bonchev–Trinajstić information content (AvgIpc) is 3.08. The number of nitrogens with zero attached hydrogens (tertiary/aromatic N) is 1. The number of amides is 2. The van der Waals surface area contributed by atoms with E-state index in [-0.39, 0.29) is 11.9 Å². The van der Waals surface area contributed by atoms with E-state index in [0.717, 1.165) is 11.1 Å². The van der Waals surface area contributed by atoms with Crippen LogP contribution in [0, 0.1) is 6.92 Å². The molecule has 2 amide bonds. The smallest absolute Gasteiger partial charge is 0.319 e. The molecule has 0 spiro atoms. The van der Waals surface area contributed by atoms with Crippen LogP contribution in [-0.4, -0.2) is 17.1 Å². The number of hydrogen-bond acceptors (Lipinski definition) is 1. The van der Waals surface area contributed by atoms with Crippen molar-refractivity contribution in [1.82, 2.24) is 9.88 Å². The van der Waals surface area contributed by atoms with Crippen LogP contribution in [0.5, 0.6) is 0 Å². The van der Waals surface area contributed by atoms with Gasteiger partial charge >= 0.3 is 6.03 Å². The second-order valence-corrected chi connectivity index (χ2v) is 7.91. The van der Waals surface area contributed by atoms with E-state index >= 15 is 0 Å². The number of carbonyl (C=O) groups is 1. The number of hydrogen-bond donors (Lipinski definition) is 2. The van der Waals surface area contributed by atoms with Crippen LogP contribution in [0.1, 0.15) is 22.6 Å². The molecule has 0 aliphatic rings. The van der Waals surface area contributed by atoms with Gasteiger partial charge in [-0.25, -0.2) is 4.79 Å². The summed E-state index contributed by atoms with van der Waals surface area (Å²) >= 11 is 6.07. The summed E-state index contributed by atoms with van der Waals surface area (Å²) in [5.74, 6) is 0.0310. The van der Waals surface area contributed by atoms with Gasteiger partial charge in [0, 0.05) is 47.3 Å². The molecule has 1 heterocycles. The Kier molecular flexibility index (Phi) is 5.77. The second-order valence-electron chi connectivity index (χ2n) is 7.47. The fraction of sp³-hybridized carbons (Fsp3) is 0.160. The number of carbonyl (C=O) groups excluding carboxylic acids is 1. The number of aryl methyl sites for hydroxylation is 2. The zero-order valence-electron chi connectivity index (χ0n) is 17.0. The molecule has 0 bridgehead atoms. The van der Waals surface area contributed by atoms with Crippen LogP contribution in [0.2, 0.25) is 5.02 Å². The SMILES string of the molecule is Cc1ccc(Cl)cc1NC(=O)NC[C@H](c1ccccc1)c1cn(C)c2ccccc12. The molecule has 0 unspecified atom stereocenters. The third-order valence-corrected chi connectivity index (χ3v) is 5.65. The highest BCUT2D eigenvalue weighted by molar-refractivity contribution is 6.31. The average molecular weight is 418 g/mol. The zero-order valence-corrected chi connectivity index (χ0v) is 17.8. The Labute approximate surface area is 181 Å². The molecule has 0 radical (unpaired) electrons. The van der Waals surface area contributed by atoms with Crippen LogP contribution in [0.4, 0.5) is 10.5 Å². The van der Waals surface area contributed by atoms with Crippen LogP contribution in [0.3, 0.4) is 0 Å². The highest BCUT2D eigenvalue weighted by Crippen LogP contribution is 2.31. The molecular formula is C25H24ClN3O. The Balaban J connectivity index is 1.60. The van der Waals surface area contributed by atoms with Crippen molar-refractivity contribution in [3.63, 3.8) is 0 Å². The molecule has 0 aliphatic heterocycles. The fourth-order valence-corrected chi connectivity index (χ4v) is 4.01. The van der Waals surface area contributed by atoms with Gasteiger partial charge in [0.1, 0.15) is 0 Å². The van der Waals surface area contributed by atoms with Crippen LogP contribution in [-0.2, 0) is 7.05 Å². The van der Waals surface area contributed by atoms with Gasteiger partial charge in [0.2, 0.25) is 0 Å². The van der Waals surface area contributed by atoms with Gasteiger partial charge in [0.15, 0.2) is 0 Å². The summed E-state index contributed by atoms with van der Waals surface area (Å²) in [5, 5.41) is 7.75. The van der Waals surface area contributed by atoms with E-state index in [1.54, 1.807) is 6.07 Å². The van der Waals surface area contributed by atoms with Crippen molar-refractivity contribution in [2.75, 3.05) is 11.9 Å². The number of urea groups is 1. The van der Waals surface area contributed by atoms with Gasteiger partial charge in [-0.05, 0) is 41.8 Å². The summed E-state index contributed by atoms with van der Waals surface area (Å²) in [4.78, 5) is 12.6. The zero-order chi connectivity index (χ0) is 21.1. The first-order valence-electron chi connectivity index (χ1n) is 9.93. The van der Waals surface area contributed by atoms with E-state index in [1.807, 2.05) is 43.3 Å². The van der Waals surface area contributed by atoms with Crippen molar-refractivity contribution in [3.05, 3.63) is 101 Å². The Morgan fingerprint density at radius 2 is 1.77 bits per heavy atom. The molecule has 0 saturated heterocycles. The van der Waals surface area contributed by atoms with Crippen molar-refractivity contribution in [3.8, 4) is 0 Å². The topological polar surface area (TPSA) is 46.1 Å². The number of aromatic nitrogens is 1. The Morgan fingerprint density at radius 3 is 2.57 bits per heavy atom. The number of rotatable bonds is 5. The lowest BCUT2D eigenvalue weighted by Gasteiger charge is -2.19. The number of halogens is 1. The maximum Gasteiger partial charge on any atom is 0.319 e. The van der Waals surface area contributed by atoms with Gasteiger partial charge in [-0.1, -0.05) is 66.2 Å². The summed E-state index contributed by atoms with van der Waals surface area (Å²) in [6.45, 7) is 2.41. The van der Waals surface area contributed by atoms with Gasteiger partial charge in [-0.15, -0.1) is 0 Å². The maximum atomic E-state index is 12.6. The van der Waals surface area contributed by atoms with Gasteiger partial charge in [-0.2, -0.15) is 0 Å². The first-order chi connectivity index (χ1) is 14.5. The summed E-state index contributed by atoms with van der Waals surface area (Å²) < 4.78 is 2.13. The van der Waals surface area contributed by atoms with Gasteiger partial charge in [0.05, 0.1) is 0 Å². The number of nitrogens with one attached hydrogen (secondary N) is 2. The summed E-state index contributed by atoms with van der Waals surface area (Å²) in [7, 11) is 2.05. The van der Waals surface area contributed by atoms with E-state index in [2.05, 4.69) is 58.8 Å². The Morgan fingerprint density at radius 1 is 1.03 bits per heavy atom. The van der Waals surface area contributed by atoms with E-state index in [0.29, 0.717) is 17.3 Å². The summed E-state index contributed by atoms with van der Waals surface area (Å²) in [5.41, 5.74) is 5.20. The highest BCUT2D eigenvalue weighted by Gasteiger charge is 2.20. The van der Waals surface area contributed by atoms with Crippen LogP contribution in [0.15, 0.2) is 79.0 Å². The van der Waals surface area contributed by atoms with Crippen molar-refractivity contribution in [2.24, 2.45) is 7.05 Å². The lowest BCUT2D eigenvalue weighted by Crippen LogP contribution is -2.33. The van der Waals surface area contributed by atoms with Crippen molar-refractivity contribution in [1.29, 1.82) is 0 Å². The summed E-state index contributed by atoms with van der Waals surface area (Å²) in [6.07, 6.45) is 2.16. The predicted octanol–water partition coefficient (Wildman–Crippen LogP) is 6.09. The van der Waals surface area contributed by atoms with Crippen LogP contribution < -0.4 is 10.6 Å². The third kappa shape index (κ3) is 4.19. The van der Waals surface area contributed by atoms with Crippen LogP contribution in [0.25, 0.3) is 10.9 Å². The molecule has 3 aromatic carbocycles. The summed E-state index contributed by atoms with van der Waals surface area (Å²) in [6, 6.07) is 23.8. The normalized spacial score (nSPS) is 12.0. The standard InChI is InChI=1S/C25H24ClN3O/c1-17-12-13-19(26)14-23(17)28-25(30)27-15-21(18-8-4-3-5-9-18)22-16-29(2)24-11-7-6-10-20(22)24/h3-14,16,21H,15H2,1-2H3,(H2,27,28,30)/t21-/m1/s1. The first kappa shape index (κ1) is 20.0. The number of benzene rings is 3. The van der Waals surface area contributed by atoms with E-state index in [9.17, 15) is 4.79 Å². The molecule has 2 N–H and O–H groups in total. The molecule has 1 atom stereocenters. The van der Waals surface area contributed by atoms with E-state index in [1.165, 1.54) is 16.5 Å². The fourth-order valence-electron chi connectivity index (χ4n) is 3.83. The van der Waals surface area contributed by atoms with E-state index < -0.39 is 0 Å². The minimum Gasteiger partial charge on any atom is -0.350 e. The number of anilines is 1. The lowest BCUT2D eigenvalue weighted by atomic mass is 9.91. The molecule has 152 valence electrons. The molecule has 4 rings (SSSR count). The molecule has 5 heteroatoms. The van der Waals surface area contributed by atoms with Crippen molar-refractivity contribution in [2.45, 2.75) is 12.8 Å². The van der Waals surface area contributed by atoms with Crippen LogP contribution >= 0.6 is 11.6 Å². The molecule has 0 aliphatic carbocycles. The highest BCUT2D eigenvalue weighted by atomic mass is 35.5. The largest absolute Gasteiger partial charge is 0.350 e. The first-order valence-corrected chi connectivity index (χ1v) is 10.3. The van der Waals surface area contributed by atoms with Gasteiger partial charge in [0.25, 0.3) is 0 Å². The third-order valence-electron chi connectivity index (χ3n) is 5.42. The molecule has 0 saturated carbocycles. The Bertz CT molecular complexity index is 1180. The molecular weight excluding hydrogens is 394 g/mol. The van der Waals surface area contributed by atoms with Gasteiger partial charge < -0.3 is 15.2 Å². The molecule has 4 aromatic rings. The minimum absolute atomic E-state index is 0.0310. The number of para-hydroxylation sites is 1. The van der Waals surface area contributed by atoms with Gasteiger partial charge in [-0.3, -0.25) is 0 Å². The predicted molar refractivity (Wildman–Crippen MR) is 124 cm³/mol. The quantitative estimate of drug-likeness (QED) is 0.405. The molecule has 1 aromatic heterocycles. The minimum atomic E-state index is -0.249.